The van der Waals surface area contributed by atoms with E-state index in [0.29, 0.717) is 12.0 Å². The lowest BCUT2D eigenvalue weighted by Gasteiger charge is -2.55. The van der Waals surface area contributed by atoms with E-state index in [1.165, 1.54) is 0 Å². The number of aliphatic hydroxyl groups excluding tert-OH is 1. The van der Waals surface area contributed by atoms with Crippen molar-refractivity contribution in [2.45, 2.75) is 77.2 Å². The first-order valence-electron chi connectivity index (χ1n) is 9.38. The van der Waals surface area contributed by atoms with Crippen LogP contribution in [0.15, 0.2) is 22.8 Å². The Labute approximate surface area is 158 Å². The first kappa shape index (κ1) is 18.7. The van der Waals surface area contributed by atoms with Crippen LogP contribution in [0, 0.1) is 11.3 Å². The number of hydrogen-bond donors (Lipinski definition) is 2. The van der Waals surface area contributed by atoms with Crippen molar-refractivity contribution in [3.63, 3.8) is 0 Å². The van der Waals surface area contributed by atoms with E-state index >= 15 is 0 Å². The van der Waals surface area contributed by atoms with Crippen LogP contribution in [0.5, 0.6) is 0 Å². The zero-order valence-corrected chi connectivity index (χ0v) is 16.2. The van der Waals surface area contributed by atoms with Gasteiger partial charge in [-0.15, -0.1) is 0 Å². The number of carbonyl (C=O) groups is 2. The number of epoxide rings is 1. The fraction of sp³-hybridized carbons (Fsp3) is 0.700. The van der Waals surface area contributed by atoms with Crippen molar-refractivity contribution in [1.29, 1.82) is 0 Å². The van der Waals surface area contributed by atoms with Crippen LogP contribution < -0.4 is 0 Å². The third-order valence-electron chi connectivity index (χ3n) is 7.43. The highest BCUT2D eigenvalue weighted by molar-refractivity contribution is 5.92. The van der Waals surface area contributed by atoms with E-state index in [0.717, 1.165) is 0 Å². The van der Waals surface area contributed by atoms with E-state index in [-0.39, 0.29) is 35.6 Å². The van der Waals surface area contributed by atoms with Gasteiger partial charge in [0.15, 0.2) is 0 Å². The molecule has 7 nitrogen and oxygen atoms in total. The topological polar surface area (TPSA) is 106 Å². The van der Waals surface area contributed by atoms with Gasteiger partial charge in [0, 0.05) is 40.9 Å². The minimum Gasteiger partial charge on any atom is -0.459 e. The van der Waals surface area contributed by atoms with Crippen LogP contribution in [-0.2, 0) is 23.8 Å². The predicted octanol–water partition coefficient (Wildman–Crippen LogP) is 1.37. The summed E-state index contributed by atoms with van der Waals surface area (Å²) in [5.41, 5.74) is -0.685. The third-order valence-corrected chi connectivity index (χ3v) is 7.43. The van der Waals surface area contributed by atoms with Gasteiger partial charge in [0.05, 0.1) is 12.2 Å². The van der Waals surface area contributed by atoms with E-state index in [2.05, 4.69) is 0 Å². The monoisotopic (exact) mass is 378 g/mol. The van der Waals surface area contributed by atoms with Gasteiger partial charge in [0.1, 0.15) is 11.7 Å². The number of ether oxygens (including phenoxy) is 3. The lowest BCUT2D eigenvalue weighted by atomic mass is 9.51. The highest BCUT2D eigenvalue weighted by Gasteiger charge is 2.81. The van der Waals surface area contributed by atoms with Gasteiger partial charge in [-0.2, -0.15) is 0 Å². The molecule has 0 bridgehead atoms. The average molecular weight is 378 g/mol. The zero-order valence-electron chi connectivity index (χ0n) is 16.2. The number of hydrogen-bond acceptors (Lipinski definition) is 7. The molecule has 7 atom stereocenters. The summed E-state index contributed by atoms with van der Waals surface area (Å²) >= 11 is 0. The molecule has 27 heavy (non-hydrogen) atoms. The van der Waals surface area contributed by atoms with Gasteiger partial charge in [-0.1, -0.05) is 19.9 Å². The summed E-state index contributed by atoms with van der Waals surface area (Å²) in [6.45, 7) is 8.82. The van der Waals surface area contributed by atoms with Crippen molar-refractivity contribution in [2.75, 3.05) is 0 Å². The molecule has 2 saturated carbocycles. The molecule has 1 spiro atoms. The molecule has 4 aliphatic rings. The summed E-state index contributed by atoms with van der Waals surface area (Å²) in [4.78, 5) is 24.3. The molecular formula is C20H26O7. The van der Waals surface area contributed by atoms with E-state index in [1.54, 1.807) is 26.8 Å². The van der Waals surface area contributed by atoms with Crippen molar-refractivity contribution >= 4 is 11.9 Å². The molecule has 2 heterocycles. The average Bonchev–Trinajstić information content (AvgIpc) is 3.24. The van der Waals surface area contributed by atoms with Crippen LogP contribution in [0.1, 0.15) is 47.5 Å². The van der Waals surface area contributed by atoms with Crippen molar-refractivity contribution in [1.82, 2.24) is 0 Å². The molecule has 0 amide bonds. The smallest absolute Gasteiger partial charge is 0.336 e. The maximum Gasteiger partial charge on any atom is 0.336 e. The van der Waals surface area contributed by atoms with Gasteiger partial charge in [-0.25, -0.2) is 9.59 Å². The van der Waals surface area contributed by atoms with Crippen molar-refractivity contribution < 1.29 is 34.0 Å². The number of aliphatic hydroxyl groups is 2. The molecule has 4 rings (SSSR count). The molecule has 7 unspecified atom stereocenters. The van der Waals surface area contributed by atoms with E-state index in [1.807, 2.05) is 13.8 Å². The normalized spacial score (nSPS) is 48.4. The molecule has 1 saturated heterocycles. The number of rotatable bonds is 2. The molecule has 0 radical (unpaired) electrons. The number of carbonyl (C=O) groups excluding carboxylic acids is 2. The SMILES string of the molecule is CC=C(C)C(=O)OC1CC2OC23CC2(O)OC(=O)C(C)=C2C(O)C3(C)C1C. The van der Waals surface area contributed by atoms with Crippen LogP contribution >= 0.6 is 0 Å². The van der Waals surface area contributed by atoms with E-state index < -0.39 is 35.0 Å². The molecule has 3 fully saturated rings. The van der Waals surface area contributed by atoms with Crippen molar-refractivity contribution in [3.05, 3.63) is 22.8 Å². The van der Waals surface area contributed by atoms with Crippen molar-refractivity contribution in [3.8, 4) is 0 Å². The molecule has 0 aromatic heterocycles. The Hall–Kier alpha value is -1.70. The number of allylic oxidation sites excluding steroid dienone is 1. The highest BCUT2D eigenvalue weighted by Crippen LogP contribution is 2.70. The fourth-order valence-corrected chi connectivity index (χ4v) is 5.34. The van der Waals surface area contributed by atoms with E-state index in [4.69, 9.17) is 14.2 Å². The Morgan fingerprint density at radius 2 is 2.07 bits per heavy atom. The Morgan fingerprint density at radius 3 is 2.70 bits per heavy atom. The van der Waals surface area contributed by atoms with Gasteiger partial charge in [-0.05, 0) is 20.8 Å². The Balaban J connectivity index is 1.72. The quantitative estimate of drug-likeness (QED) is 0.425. The fourth-order valence-electron chi connectivity index (χ4n) is 5.34. The molecule has 2 N–H and O–H groups in total. The molecule has 2 aliphatic heterocycles. The summed E-state index contributed by atoms with van der Waals surface area (Å²) < 4.78 is 16.9. The largest absolute Gasteiger partial charge is 0.459 e. The second-order valence-corrected chi connectivity index (χ2v) is 8.51. The maximum absolute atomic E-state index is 12.3. The summed E-state index contributed by atoms with van der Waals surface area (Å²) in [6, 6.07) is 0. The summed E-state index contributed by atoms with van der Waals surface area (Å²) in [5, 5.41) is 22.2. The van der Waals surface area contributed by atoms with Crippen LogP contribution in [-0.4, -0.2) is 51.9 Å². The van der Waals surface area contributed by atoms with Gasteiger partial charge >= 0.3 is 11.9 Å². The molecular weight excluding hydrogens is 352 g/mol. The maximum atomic E-state index is 12.3. The first-order valence-corrected chi connectivity index (χ1v) is 9.38. The second-order valence-electron chi connectivity index (χ2n) is 8.51. The van der Waals surface area contributed by atoms with Gasteiger partial charge in [0.2, 0.25) is 5.79 Å². The van der Waals surface area contributed by atoms with Crippen LogP contribution in [0.3, 0.4) is 0 Å². The summed E-state index contributed by atoms with van der Waals surface area (Å²) in [5.74, 6) is -3.09. The predicted molar refractivity (Wildman–Crippen MR) is 93.2 cm³/mol. The number of fused-ring (bicyclic) bond motifs is 1. The van der Waals surface area contributed by atoms with Gasteiger partial charge in [0.25, 0.3) is 0 Å². The third kappa shape index (κ3) is 2.13. The lowest BCUT2D eigenvalue weighted by molar-refractivity contribution is -0.228. The minimum absolute atomic E-state index is 0.0789. The molecule has 148 valence electrons. The molecule has 0 aromatic carbocycles. The van der Waals surface area contributed by atoms with Gasteiger partial charge in [-0.3, -0.25) is 0 Å². The zero-order chi connectivity index (χ0) is 19.9. The highest BCUT2D eigenvalue weighted by atomic mass is 16.7. The Bertz CT molecular complexity index is 798. The lowest BCUT2D eigenvalue weighted by Crippen LogP contribution is -2.66. The number of esters is 2. The van der Waals surface area contributed by atoms with Crippen LogP contribution in [0.4, 0.5) is 0 Å². The van der Waals surface area contributed by atoms with Crippen LogP contribution in [0.25, 0.3) is 0 Å². The first-order chi connectivity index (χ1) is 12.5. The summed E-state index contributed by atoms with van der Waals surface area (Å²) in [7, 11) is 0. The molecule has 0 aromatic rings. The Morgan fingerprint density at radius 1 is 1.41 bits per heavy atom. The van der Waals surface area contributed by atoms with Crippen LogP contribution in [0.2, 0.25) is 0 Å². The molecule has 2 aliphatic carbocycles. The standard InChI is InChI=1S/C20H26O7/c1-6-9(2)16(22)25-12-7-13-19(26-13)8-20(24)14(10(3)17(23)27-20)15(21)18(19,5)11(12)4/h6,11-13,15,21,24H,7-8H2,1-5H3. The van der Waals surface area contributed by atoms with Gasteiger partial charge < -0.3 is 24.4 Å². The summed E-state index contributed by atoms with van der Waals surface area (Å²) in [6.07, 6.45) is 0.400. The van der Waals surface area contributed by atoms with Crippen molar-refractivity contribution in [2.24, 2.45) is 11.3 Å². The second kappa shape index (κ2) is 5.43. The molecule has 7 heteroatoms. The minimum atomic E-state index is -1.83. The Kier molecular flexibility index (Phi) is 3.75. The van der Waals surface area contributed by atoms with E-state index in [9.17, 15) is 19.8 Å².